The average molecular weight is 434 g/mol. The van der Waals surface area contributed by atoms with Gasteiger partial charge < -0.3 is 19.3 Å². The van der Waals surface area contributed by atoms with E-state index >= 15 is 0 Å². The molecule has 31 heavy (non-hydrogen) atoms. The topological polar surface area (TPSA) is 61.7 Å². The number of amides is 2. The van der Waals surface area contributed by atoms with E-state index in [0.29, 0.717) is 30.8 Å². The lowest BCUT2D eigenvalue weighted by Gasteiger charge is -2.31. The van der Waals surface area contributed by atoms with Gasteiger partial charge in [0.25, 0.3) is 0 Å². The van der Waals surface area contributed by atoms with Crippen LogP contribution in [0.1, 0.15) is 31.7 Å². The zero-order valence-electron chi connectivity index (χ0n) is 18.1. The van der Waals surface area contributed by atoms with E-state index in [9.17, 15) is 18.4 Å². The Morgan fingerprint density at radius 2 is 1.74 bits per heavy atom. The molecule has 0 saturated carbocycles. The molecule has 0 atom stereocenters. The number of hydrogen-bond acceptors (Lipinski definition) is 4. The Kier molecular flexibility index (Phi) is 7.73. The van der Waals surface area contributed by atoms with E-state index in [1.165, 1.54) is 4.90 Å². The summed E-state index contributed by atoms with van der Waals surface area (Å²) in [4.78, 5) is 34.9. The predicted octanol–water partition coefficient (Wildman–Crippen LogP) is 2.66. The Bertz CT molecular complexity index is 904. The number of imidazole rings is 1. The van der Waals surface area contributed by atoms with Gasteiger partial charge in [-0.3, -0.25) is 9.59 Å². The number of aromatic nitrogens is 2. The molecule has 0 bridgehead atoms. The van der Waals surface area contributed by atoms with Gasteiger partial charge in [0, 0.05) is 44.5 Å². The van der Waals surface area contributed by atoms with Crippen molar-refractivity contribution in [2.45, 2.75) is 39.3 Å². The van der Waals surface area contributed by atoms with E-state index in [2.05, 4.69) is 9.88 Å². The first kappa shape index (κ1) is 22.9. The third-order valence-electron chi connectivity index (χ3n) is 5.50. The second kappa shape index (κ2) is 10.5. The molecule has 7 nitrogen and oxygen atoms in total. The van der Waals surface area contributed by atoms with E-state index < -0.39 is 11.6 Å². The average Bonchev–Trinajstić information content (AvgIpc) is 3.24. The van der Waals surface area contributed by atoms with Crippen LogP contribution in [0.15, 0.2) is 30.9 Å². The highest BCUT2D eigenvalue weighted by Crippen LogP contribution is 2.27. The summed E-state index contributed by atoms with van der Waals surface area (Å²) in [6.07, 6.45) is 6.57. The number of carbonyl (C=O) groups is 2. The summed E-state index contributed by atoms with van der Waals surface area (Å²) in [6.45, 7) is 4.36. The predicted molar refractivity (Wildman–Crippen MR) is 113 cm³/mol. The van der Waals surface area contributed by atoms with Crippen molar-refractivity contribution in [1.82, 2.24) is 19.4 Å². The monoisotopic (exact) mass is 433 g/mol. The molecule has 2 aromatic rings. The lowest BCUT2D eigenvalue weighted by atomic mass is 10.1. The number of hydrogen-bond donors (Lipinski definition) is 0. The lowest BCUT2D eigenvalue weighted by molar-refractivity contribution is -0.132. The van der Waals surface area contributed by atoms with Gasteiger partial charge in [0.2, 0.25) is 11.8 Å². The molecule has 1 aromatic carbocycles. The maximum Gasteiger partial charge on any atom is 0.242 e. The standard InChI is InChI=1S/C22H29F2N5O2/c1-3-21(30)29-10-5-8-26(2)7-4-9-28(22(31)15-27-11-6-25-16-27)14-17-12-18(23)19(24)13-20(17)29/h6,11-13,16H,3-5,7-10,14-15H2,1-2H3. The molecule has 9 heteroatoms. The van der Waals surface area contributed by atoms with Crippen molar-refractivity contribution < 1.29 is 18.4 Å². The van der Waals surface area contributed by atoms with E-state index in [1.807, 2.05) is 7.05 Å². The molecule has 0 radical (unpaired) electrons. The molecule has 1 aliphatic rings. The molecular formula is C22H29F2N5O2. The van der Waals surface area contributed by atoms with Gasteiger partial charge in [-0.25, -0.2) is 13.8 Å². The highest BCUT2D eigenvalue weighted by atomic mass is 19.2. The second-order valence-electron chi connectivity index (χ2n) is 7.85. The van der Waals surface area contributed by atoms with Crippen molar-refractivity contribution in [3.05, 3.63) is 48.1 Å². The van der Waals surface area contributed by atoms with E-state index in [1.54, 1.807) is 35.1 Å². The summed E-state index contributed by atoms with van der Waals surface area (Å²) < 4.78 is 30.0. The Hall–Kier alpha value is -2.81. The molecule has 2 amide bonds. The molecule has 0 N–H and O–H groups in total. The second-order valence-corrected chi connectivity index (χ2v) is 7.85. The van der Waals surface area contributed by atoms with Crippen LogP contribution in [0.2, 0.25) is 0 Å². The normalized spacial score (nSPS) is 16.4. The quantitative estimate of drug-likeness (QED) is 0.747. The van der Waals surface area contributed by atoms with Crippen molar-refractivity contribution in [2.75, 3.05) is 38.1 Å². The minimum Gasteiger partial charge on any atom is -0.337 e. The first-order chi connectivity index (χ1) is 14.9. The van der Waals surface area contributed by atoms with E-state index in [4.69, 9.17) is 0 Å². The minimum atomic E-state index is -1.01. The summed E-state index contributed by atoms with van der Waals surface area (Å²) in [5.74, 6) is -2.31. The first-order valence-corrected chi connectivity index (χ1v) is 10.6. The highest BCUT2D eigenvalue weighted by molar-refractivity contribution is 5.94. The number of nitrogens with zero attached hydrogens (tertiary/aromatic N) is 5. The van der Waals surface area contributed by atoms with Crippen molar-refractivity contribution in [3.8, 4) is 0 Å². The first-order valence-electron chi connectivity index (χ1n) is 10.6. The Balaban J connectivity index is 1.98. The fourth-order valence-corrected chi connectivity index (χ4v) is 3.80. The number of carbonyl (C=O) groups excluding carboxylic acids is 2. The summed E-state index contributed by atoms with van der Waals surface area (Å²) in [7, 11) is 2.00. The van der Waals surface area contributed by atoms with Crippen LogP contribution in [0.25, 0.3) is 0 Å². The molecule has 1 aliphatic heterocycles. The fourth-order valence-electron chi connectivity index (χ4n) is 3.80. The molecular weight excluding hydrogens is 404 g/mol. The van der Waals surface area contributed by atoms with Crippen LogP contribution in [0.4, 0.5) is 14.5 Å². The number of rotatable bonds is 3. The third-order valence-corrected chi connectivity index (χ3v) is 5.50. The molecule has 1 aromatic heterocycles. The van der Waals surface area contributed by atoms with Gasteiger partial charge in [-0.05, 0) is 44.6 Å². The van der Waals surface area contributed by atoms with Gasteiger partial charge in [0.15, 0.2) is 11.6 Å². The number of benzene rings is 1. The van der Waals surface area contributed by atoms with Crippen LogP contribution in [-0.4, -0.2) is 64.4 Å². The Morgan fingerprint density at radius 1 is 1.03 bits per heavy atom. The van der Waals surface area contributed by atoms with Crippen molar-refractivity contribution in [2.24, 2.45) is 0 Å². The summed E-state index contributed by atoms with van der Waals surface area (Å²) in [5, 5.41) is 0. The van der Waals surface area contributed by atoms with E-state index in [0.717, 1.165) is 31.6 Å². The molecule has 0 aliphatic carbocycles. The van der Waals surface area contributed by atoms with Gasteiger partial charge in [-0.1, -0.05) is 6.92 Å². The lowest BCUT2D eigenvalue weighted by Crippen LogP contribution is -2.39. The van der Waals surface area contributed by atoms with Crippen LogP contribution in [-0.2, 0) is 22.7 Å². The largest absolute Gasteiger partial charge is 0.337 e. The smallest absolute Gasteiger partial charge is 0.242 e. The maximum atomic E-state index is 14.2. The molecule has 0 spiro atoms. The third kappa shape index (κ3) is 5.88. The number of fused-ring (bicyclic) bond motifs is 1. The molecule has 0 fully saturated rings. The van der Waals surface area contributed by atoms with Crippen LogP contribution in [0.5, 0.6) is 0 Å². The van der Waals surface area contributed by atoms with Gasteiger partial charge in [0.1, 0.15) is 6.54 Å². The Labute approximate surface area is 181 Å². The molecule has 3 rings (SSSR count). The molecule has 168 valence electrons. The van der Waals surface area contributed by atoms with Crippen molar-refractivity contribution in [1.29, 1.82) is 0 Å². The summed E-state index contributed by atoms with van der Waals surface area (Å²) in [6, 6.07) is 2.18. The van der Waals surface area contributed by atoms with Crippen LogP contribution >= 0.6 is 0 Å². The zero-order valence-corrected chi connectivity index (χ0v) is 18.1. The molecule has 0 saturated heterocycles. The minimum absolute atomic E-state index is 0.0945. The van der Waals surface area contributed by atoms with Crippen LogP contribution in [0, 0.1) is 11.6 Å². The SMILES string of the molecule is CCC(=O)N1CCCN(C)CCCN(C(=O)Cn2ccnc2)Cc2cc(F)c(F)cc21. The van der Waals surface area contributed by atoms with Gasteiger partial charge >= 0.3 is 0 Å². The van der Waals surface area contributed by atoms with Gasteiger partial charge in [0.05, 0.1) is 12.0 Å². The zero-order chi connectivity index (χ0) is 22.4. The van der Waals surface area contributed by atoms with Gasteiger partial charge in [-0.15, -0.1) is 0 Å². The maximum absolute atomic E-state index is 14.2. The Morgan fingerprint density at radius 3 is 2.42 bits per heavy atom. The van der Waals surface area contributed by atoms with Crippen molar-refractivity contribution in [3.63, 3.8) is 0 Å². The van der Waals surface area contributed by atoms with Crippen LogP contribution < -0.4 is 4.90 Å². The highest BCUT2D eigenvalue weighted by Gasteiger charge is 2.24. The summed E-state index contributed by atoms with van der Waals surface area (Å²) in [5.41, 5.74) is 0.753. The van der Waals surface area contributed by atoms with Crippen molar-refractivity contribution >= 4 is 17.5 Å². The fraction of sp³-hybridized carbons (Fsp3) is 0.500. The summed E-state index contributed by atoms with van der Waals surface area (Å²) >= 11 is 0. The number of halogens is 2. The van der Waals surface area contributed by atoms with E-state index in [-0.39, 0.29) is 31.3 Å². The number of anilines is 1. The van der Waals surface area contributed by atoms with Crippen LogP contribution in [0.3, 0.4) is 0 Å². The molecule has 0 unspecified atom stereocenters. The molecule has 2 heterocycles. The van der Waals surface area contributed by atoms with Gasteiger partial charge in [-0.2, -0.15) is 0 Å².